The number of hydrogen-bond acceptors (Lipinski definition) is 3. The van der Waals surface area contributed by atoms with E-state index >= 15 is 0 Å². The van der Waals surface area contributed by atoms with E-state index in [4.69, 9.17) is 16.3 Å². The van der Waals surface area contributed by atoms with Crippen molar-refractivity contribution in [2.24, 2.45) is 0 Å². The minimum atomic E-state index is -0.114. The maximum absolute atomic E-state index is 12.2. The van der Waals surface area contributed by atoms with Crippen molar-refractivity contribution in [1.82, 2.24) is 0 Å². The van der Waals surface area contributed by atoms with Gasteiger partial charge in [-0.15, -0.1) is 11.6 Å². The molecule has 2 aromatic rings. The maximum Gasteiger partial charge on any atom is 0.225 e. The van der Waals surface area contributed by atoms with Crippen LogP contribution in [0.2, 0.25) is 0 Å². The number of carbonyl (C=O) groups is 2. The van der Waals surface area contributed by atoms with E-state index in [-0.39, 0.29) is 18.1 Å². The monoisotopic (exact) mass is 345 g/mol. The number of nitrogens with one attached hydrogen (secondary N) is 1. The Hall–Kier alpha value is -2.33. The molecule has 0 radical (unpaired) electrons. The van der Waals surface area contributed by atoms with Gasteiger partial charge in [-0.05, 0) is 48.4 Å². The Kier molecular flexibility index (Phi) is 6.82. The number of benzene rings is 2. The molecule has 0 aromatic heterocycles. The van der Waals surface area contributed by atoms with Crippen LogP contribution in [0.25, 0.3) is 0 Å². The third-order valence-electron chi connectivity index (χ3n) is 3.59. The van der Waals surface area contributed by atoms with E-state index in [1.807, 2.05) is 24.3 Å². The van der Waals surface area contributed by atoms with Crippen LogP contribution in [0.5, 0.6) is 5.75 Å². The number of rotatable bonds is 8. The van der Waals surface area contributed by atoms with Gasteiger partial charge < -0.3 is 10.1 Å². The largest absolute Gasteiger partial charge is 0.497 e. The Morgan fingerprint density at radius 3 is 2.50 bits per heavy atom. The van der Waals surface area contributed by atoms with Crippen molar-refractivity contribution >= 4 is 29.0 Å². The number of ether oxygens (including phenoxy) is 1. The molecule has 0 spiro atoms. The first-order valence-corrected chi connectivity index (χ1v) is 8.28. The van der Waals surface area contributed by atoms with Crippen LogP contribution in [-0.4, -0.2) is 24.7 Å². The number of amides is 1. The summed E-state index contributed by atoms with van der Waals surface area (Å²) in [5.41, 5.74) is 2.39. The highest BCUT2D eigenvalue weighted by molar-refractivity contribution is 6.19. The molecule has 0 aliphatic heterocycles. The van der Waals surface area contributed by atoms with Crippen LogP contribution >= 0.6 is 11.6 Å². The minimum absolute atomic E-state index is 0.0780. The first-order valence-electron chi connectivity index (χ1n) is 7.74. The first kappa shape index (κ1) is 18.0. The third kappa shape index (κ3) is 5.39. The second-order valence-electron chi connectivity index (χ2n) is 5.34. The number of halogens is 1. The lowest BCUT2D eigenvalue weighted by Gasteiger charge is -2.07. The van der Waals surface area contributed by atoms with Gasteiger partial charge in [-0.1, -0.05) is 12.1 Å². The van der Waals surface area contributed by atoms with Crippen molar-refractivity contribution in [1.29, 1.82) is 0 Å². The second kappa shape index (κ2) is 9.08. The summed E-state index contributed by atoms with van der Waals surface area (Å²) in [5, 5.41) is 2.79. The smallest absolute Gasteiger partial charge is 0.225 e. The van der Waals surface area contributed by atoms with Crippen LogP contribution in [0.3, 0.4) is 0 Å². The molecule has 126 valence electrons. The van der Waals surface area contributed by atoms with E-state index in [1.165, 1.54) is 0 Å². The van der Waals surface area contributed by atoms with E-state index in [0.717, 1.165) is 17.0 Å². The van der Waals surface area contributed by atoms with Crippen molar-refractivity contribution in [3.63, 3.8) is 0 Å². The lowest BCUT2D eigenvalue weighted by atomic mass is 10.0. The van der Waals surface area contributed by atoms with Gasteiger partial charge in [0.05, 0.1) is 7.11 Å². The van der Waals surface area contributed by atoms with Gasteiger partial charge in [-0.25, -0.2) is 0 Å². The molecule has 0 aliphatic rings. The summed E-state index contributed by atoms with van der Waals surface area (Å²) < 4.78 is 5.09. The van der Waals surface area contributed by atoms with E-state index in [1.54, 1.807) is 31.4 Å². The summed E-state index contributed by atoms with van der Waals surface area (Å²) in [6.07, 6.45) is 1.30. The fourth-order valence-corrected chi connectivity index (χ4v) is 2.46. The van der Waals surface area contributed by atoms with Gasteiger partial charge in [-0.3, -0.25) is 9.59 Å². The van der Waals surface area contributed by atoms with Gasteiger partial charge in [0.25, 0.3) is 0 Å². The SMILES string of the molecule is COc1ccc(C(=O)CCc2cccc(NC(=O)CCCl)c2)cc1. The van der Waals surface area contributed by atoms with Crippen LogP contribution in [0, 0.1) is 0 Å². The van der Waals surface area contributed by atoms with Gasteiger partial charge in [0.15, 0.2) is 5.78 Å². The van der Waals surface area contributed by atoms with Gasteiger partial charge in [0.2, 0.25) is 5.91 Å². The molecule has 2 aromatic carbocycles. The Morgan fingerprint density at radius 2 is 1.83 bits per heavy atom. The Labute approximate surface area is 146 Å². The van der Waals surface area contributed by atoms with Crippen molar-refractivity contribution in [3.8, 4) is 5.75 Å². The number of anilines is 1. The standard InChI is InChI=1S/C19H20ClNO3/c1-24-17-8-6-15(7-9-17)18(22)10-5-14-3-2-4-16(13-14)21-19(23)11-12-20/h2-4,6-9,13H,5,10-12H2,1H3,(H,21,23). The minimum Gasteiger partial charge on any atom is -0.497 e. The van der Waals surface area contributed by atoms with Crippen molar-refractivity contribution in [3.05, 3.63) is 59.7 Å². The van der Waals surface area contributed by atoms with Crippen molar-refractivity contribution in [2.45, 2.75) is 19.3 Å². The fourth-order valence-electron chi connectivity index (χ4n) is 2.29. The Bertz CT molecular complexity index is 698. The van der Waals surface area contributed by atoms with E-state index < -0.39 is 0 Å². The van der Waals surface area contributed by atoms with Crippen LogP contribution in [0.15, 0.2) is 48.5 Å². The zero-order valence-electron chi connectivity index (χ0n) is 13.5. The molecule has 1 N–H and O–H groups in total. The lowest BCUT2D eigenvalue weighted by molar-refractivity contribution is -0.115. The Morgan fingerprint density at radius 1 is 1.08 bits per heavy atom. The molecular formula is C19H20ClNO3. The molecule has 24 heavy (non-hydrogen) atoms. The summed E-state index contributed by atoms with van der Waals surface area (Å²) in [7, 11) is 1.59. The number of aryl methyl sites for hydroxylation is 1. The number of ketones is 1. The summed E-state index contributed by atoms with van der Waals surface area (Å²) in [6, 6.07) is 14.6. The highest BCUT2D eigenvalue weighted by Crippen LogP contribution is 2.16. The third-order valence-corrected chi connectivity index (χ3v) is 3.77. The molecular weight excluding hydrogens is 326 g/mol. The van der Waals surface area contributed by atoms with Crippen molar-refractivity contribution in [2.75, 3.05) is 18.3 Å². The second-order valence-corrected chi connectivity index (χ2v) is 5.72. The zero-order valence-corrected chi connectivity index (χ0v) is 14.3. The predicted molar refractivity (Wildman–Crippen MR) is 96.1 cm³/mol. The molecule has 5 heteroatoms. The highest BCUT2D eigenvalue weighted by atomic mass is 35.5. The van der Waals surface area contributed by atoms with Crippen LogP contribution in [0.4, 0.5) is 5.69 Å². The predicted octanol–water partition coefficient (Wildman–Crippen LogP) is 4.08. The van der Waals surface area contributed by atoms with Crippen molar-refractivity contribution < 1.29 is 14.3 Å². The molecule has 4 nitrogen and oxygen atoms in total. The van der Waals surface area contributed by atoms with Gasteiger partial charge in [0.1, 0.15) is 5.75 Å². The molecule has 0 bridgehead atoms. The van der Waals surface area contributed by atoms with E-state index in [9.17, 15) is 9.59 Å². The summed E-state index contributed by atoms with van der Waals surface area (Å²) in [4.78, 5) is 23.8. The van der Waals surface area contributed by atoms with Crippen LogP contribution in [-0.2, 0) is 11.2 Å². The van der Waals surface area contributed by atoms with Gasteiger partial charge in [0, 0.05) is 30.0 Å². The number of carbonyl (C=O) groups excluding carboxylic acids is 2. The topological polar surface area (TPSA) is 55.4 Å². The first-order chi connectivity index (χ1) is 11.6. The molecule has 0 fully saturated rings. The molecule has 0 aliphatic carbocycles. The van der Waals surface area contributed by atoms with Crippen LogP contribution < -0.4 is 10.1 Å². The average Bonchev–Trinajstić information content (AvgIpc) is 2.60. The molecule has 2 rings (SSSR count). The highest BCUT2D eigenvalue weighted by Gasteiger charge is 2.07. The zero-order chi connectivity index (χ0) is 17.4. The quantitative estimate of drug-likeness (QED) is 0.579. The molecule has 0 saturated heterocycles. The molecule has 0 heterocycles. The van der Waals surface area contributed by atoms with Gasteiger partial charge in [-0.2, -0.15) is 0 Å². The van der Waals surface area contributed by atoms with E-state index in [2.05, 4.69) is 5.32 Å². The van der Waals surface area contributed by atoms with E-state index in [0.29, 0.717) is 24.3 Å². The average molecular weight is 346 g/mol. The maximum atomic E-state index is 12.2. The fraction of sp³-hybridized carbons (Fsp3) is 0.263. The normalized spacial score (nSPS) is 10.2. The summed E-state index contributed by atoms with van der Waals surface area (Å²) in [5.74, 6) is 0.986. The molecule has 0 unspecified atom stereocenters. The summed E-state index contributed by atoms with van der Waals surface area (Å²) >= 11 is 5.55. The van der Waals surface area contributed by atoms with Crippen LogP contribution in [0.1, 0.15) is 28.8 Å². The molecule has 0 saturated carbocycles. The molecule has 1 amide bonds. The number of hydrogen-bond donors (Lipinski definition) is 1. The van der Waals surface area contributed by atoms with Gasteiger partial charge >= 0.3 is 0 Å². The lowest BCUT2D eigenvalue weighted by Crippen LogP contribution is -2.11. The Balaban J connectivity index is 1.93. The molecule has 0 atom stereocenters. The number of alkyl halides is 1. The summed E-state index contributed by atoms with van der Waals surface area (Å²) in [6.45, 7) is 0. The number of Topliss-reactive ketones (excluding diaryl/α,β-unsaturated/α-hetero) is 1. The number of methoxy groups -OCH3 is 1.